The summed E-state index contributed by atoms with van der Waals surface area (Å²) in [5.41, 5.74) is 0.946. The minimum atomic E-state index is -1.03. The Hall–Kier alpha value is -0.240. The summed E-state index contributed by atoms with van der Waals surface area (Å²) in [6, 6.07) is 23.2. The van der Waals surface area contributed by atoms with Crippen molar-refractivity contribution in [3.8, 4) is 0 Å². The summed E-state index contributed by atoms with van der Waals surface area (Å²) in [4.78, 5) is 0. The van der Waals surface area contributed by atoms with Crippen LogP contribution >= 0.6 is 75.8 Å². The van der Waals surface area contributed by atoms with E-state index >= 15 is 0 Å². The molecule has 0 nitrogen and oxygen atoms in total. The van der Waals surface area contributed by atoms with E-state index in [1.54, 1.807) is 0 Å². The molecule has 0 N–H and O–H groups in total. The Morgan fingerprint density at radius 1 is 0.600 bits per heavy atom. The third-order valence-electron chi connectivity index (χ3n) is 5.79. The summed E-state index contributed by atoms with van der Waals surface area (Å²) in [5.74, 6) is 0. The number of rotatable bonds is 5. The number of thiol groups is 6. The quantitative estimate of drug-likeness (QED) is 0.0883. The van der Waals surface area contributed by atoms with E-state index in [1.807, 2.05) is 0 Å². The predicted octanol–water partition coefficient (Wildman–Crippen LogP) is 8.07. The molecular formula is C24H24S6. The lowest BCUT2D eigenvalue weighted by Gasteiger charge is -2.47. The second kappa shape index (κ2) is 8.27. The van der Waals surface area contributed by atoms with Gasteiger partial charge in [0.2, 0.25) is 0 Å². The molecule has 0 amide bonds. The molecule has 0 saturated heterocycles. The zero-order chi connectivity index (χ0) is 21.7. The van der Waals surface area contributed by atoms with Gasteiger partial charge in [0.25, 0.3) is 0 Å². The molecule has 4 aromatic carbocycles. The molecule has 0 bridgehead atoms. The van der Waals surface area contributed by atoms with Crippen molar-refractivity contribution < 1.29 is 0 Å². The van der Waals surface area contributed by atoms with Crippen molar-refractivity contribution in [1.82, 2.24) is 0 Å². The lowest BCUT2D eigenvalue weighted by atomic mass is 9.89. The molecule has 4 rings (SSSR count). The third kappa shape index (κ3) is 3.46. The van der Waals surface area contributed by atoms with Crippen LogP contribution in [0.4, 0.5) is 0 Å². The summed E-state index contributed by atoms with van der Waals surface area (Å²) in [6.45, 7) is 2.09. The van der Waals surface area contributed by atoms with Gasteiger partial charge >= 0.3 is 0 Å². The van der Waals surface area contributed by atoms with Gasteiger partial charge < -0.3 is 0 Å². The van der Waals surface area contributed by atoms with Crippen molar-refractivity contribution in [2.45, 2.75) is 32.0 Å². The number of hydrogen-bond donors (Lipinski definition) is 6. The molecule has 4 aromatic rings. The summed E-state index contributed by atoms with van der Waals surface area (Å²) >= 11 is 29.7. The van der Waals surface area contributed by atoms with Gasteiger partial charge in [-0.2, -0.15) is 75.8 Å². The molecule has 0 radical (unpaired) electrons. The maximum absolute atomic E-state index is 5.05. The SMILES string of the molecule is CCCC(S)(S)C(S)(S)C(S)(S)c1cccc2c3ccccc3c3ccccc3c12. The number of hydrogen-bond acceptors (Lipinski definition) is 6. The van der Waals surface area contributed by atoms with Crippen LogP contribution in [0.5, 0.6) is 0 Å². The van der Waals surface area contributed by atoms with Gasteiger partial charge in [0.05, 0.1) is 4.08 Å². The van der Waals surface area contributed by atoms with Gasteiger partial charge in [0, 0.05) is 0 Å². The molecule has 0 aliphatic rings. The fourth-order valence-corrected chi connectivity index (χ4v) is 6.59. The highest BCUT2D eigenvalue weighted by atomic mass is 32.2. The molecule has 0 aromatic heterocycles. The summed E-state index contributed by atoms with van der Waals surface area (Å²) < 4.78 is -2.86. The van der Waals surface area contributed by atoms with Crippen LogP contribution in [0.1, 0.15) is 25.3 Å². The van der Waals surface area contributed by atoms with E-state index in [9.17, 15) is 0 Å². The topological polar surface area (TPSA) is 0 Å². The average Bonchev–Trinajstić information content (AvgIpc) is 2.73. The molecular weight excluding hydrogens is 481 g/mol. The first-order valence-electron chi connectivity index (χ1n) is 9.80. The molecule has 156 valence electrons. The van der Waals surface area contributed by atoms with Crippen molar-refractivity contribution in [3.63, 3.8) is 0 Å². The van der Waals surface area contributed by atoms with Crippen molar-refractivity contribution in [2.75, 3.05) is 0 Å². The van der Waals surface area contributed by atoms with E-state index in [0.717, 1.165) is 28.1 Å². The molecule has 0 aliphatic carbocycles. The Morgan fingerprint density at radius 3 is 1.53 bits per heavy atom. The van der Waals surface area contributed by atoms with E-state index in [0.29, 0.717) is 6.42 Å². The Balaban J connectivity index is 2.13. The third-order valence-corrected chi connectivity index (χ3v) is 10.9. The van der Waals surface area contributed by atoms with Gasteiger partial charge in [0.1, 0.15) is 8.16 Å². The highest BCUT2D eigenvalue weighted by Gasteiger charge is 2.54. The molecule has 30 heavy (non-hydrogen) atoms. The van der Waals surface area contributed by atoms with Crippen LogP contribution in [-0.2, 0) is 4.08 Å². The van der Waals surface area contributed by atoms with Gasteiger partial charge in [-0.3, -0.25) is 0 Å². The van der Waals surface area contributed by atoms with Crippen molar-refractivity contribution in [2.24, 2.45) is 0 Å². The van der Waals surface area contributed by atoms with Gasteiger partial charge in [-0.25, -0.2) is 0 Å². The largest absolute Gasteiger partial charge is 0.159 e. The van der Waals surface area contributed by atoms with Gasteiger partial charge in [-0.15, -0.1) is 0 Å². The number of benzene rings is 4. The Labute approximate surface area is 211 Å². The Bertz CT molecular complexity index is 1200. The predicted molar refractivity (Wildman–Crippen MR) is 155 cm³/mol. The first kappa shape index (κ1) is 22.9. The zero-order valence-corrected chi connectivity index (χ0v) is 21.8. The molecule has 0 saturated carbocycles. The molecule has 0 spiro atoms. The minimum absolute atomic E-state index is 0.712. The second-order valence-corrected chi connectivity index (χ2v) is 13.0. The van der Waals surface area contributed by atoms with E-state index in [1.165, 1.54) is 16.2 Å². The van der Waals surface area contributed by atoms with Crippen LogP contribution in [0.3, 0.4) is 0 Å². The van der Waals surface area contributed by atoms with E-state index in [-0.39, 0.29) is 0 Å². The van der Waals surface area contributed by atoms with E-state index < -0.39 is 12.2 Å². The Morgan fingerprint density at radius 2 is 1.03 bits per heavy atom. The monoisotopic (exact) mass is 504 g/mol. The smallest absolute Gasteiger partial charge is 0.107 e. The maximum atomic E-state index is 5.05. The fourth-order valence-electron chi connectivity index (χ4n) is 4.24. The van der Waals surface area contributed by atoms with E-state index in [2.05, 4.69) is 73.7 Å². The highest BCUT2D eigenvalue weighted by Crippen LogP contribution is 2.60. The molecule has 0 unspecified atom stereocenters. The minimum Gasteiger partial charge on any atom is -0.159 e. The van der Waals surface area contributed by atoms with Crippen LogP contribution in [0.2, 0.25) is 0 Å². The number of fused-ring (bicyclic) bond motifs is 6. The van der Waals surface area contributed by atoms with Crippen LogP contribution in [-0.4, -0.2) is 8.16 Å². The summed E-state index contributed by atoms with van der Waals surface area (Å²) in [7, 11) is 0. The van der Waals surface area contributed by atoms with Gasteiger partial charge in [-0.05, 0) is 44.3 Å². The lowest BCUT2D eigenvalue weighted by molar-refractivity contribution is 0.615. The van der Waals surface area contributed by atoms with Crippen molar-refractivity contribution >= 4 is 108 Å². The van der Waals surface area contributed by atoms with Gasteiger partial charge in [0.15, 0.2) is 0 Å². The second-order valence-electron chi connectivity index (χ2n) is 7.73. The standard InChI is InChI=1S/C24H24S6/c1-2-14-22(25,26)24(29,30)23(27,28)20-13-7-12-19-17-9-4-3-8-15(17)16-10-5-6-11-18(16)21(19)20/h3-13,25-30H,2,14H2,1H3. The van der Waals surface area contributed by atoms with Crippen LogP contribution in [0.25, 0.3) is 32.3 Å². The zero-order valence-electron chi connectivity index (χ0n) is 16.4. The Kier molecular flexibility index (Phi) is 6.32. The average molecular weight is 505 g/mol. The first-order chi connectivity index (χ1) is 14.1. The highest BCUT2D eigenvalue weighted by molar-refractivity contribution is 8.11. The van der Waals surface area contributed by atoms with Crippen LogP contribution < -0.4 is 0 Å². The molecule has 6 heteroatoms. The first-order valence-corrected chi connectivity index (χ1v) is 12.5. The molecule has 0 heterocycles. The summed E-state index contributed by atoms with van der Waals surface area (Å²) in [6.07, 6.45) is 1.61. The van der Waals surface area contributed by atoms with Gasteiger partial charge in [-0.1, -0.05) is 80.1 Å². The molecule has 0 fully saturated rings. The molecule has 0 aliphatic heterocycles. The summed E-state index contributed by atoms with van der Waals surface area (Å²) in [5, 5.41) is 7.06. The fraction of sp³-hybridized carbons (Fsp3) is 0.250. The van der Waals surface area contributed by atoms with Crippen molar-refractivity contribution in [1.29, 1.82) is 0 Å². The van der Waals surface area contributed by atoms with E-state index in [4.69, 9.17) is 75.8 Å². The maximum Gasteiger partial charge on any atom is 0.107 e. The van der Waals surface area contributed by atoms with Crippen molar-refractivity contribution in [3.05, 3.63) is 72.3 Å². The lowest BCUT2D eigenvalue weighted by Crippen LogP contribution is -2.48. The van der Waals surface area contributed by atoms with Crippen LogP contribution in [0, 0.1) is 0 Å². The molecule has 0 atom stereocenters. The normalized spacial score (nSPS) is 13.4. The van der Waals surface area contributed by atoms with Crippen LogP contribution in [0.15, 0.2) is 66.7 Å².